The summed E-state index contributed by atoms with van der Waals surface area (Å²) in [5.41, 5.74) is 2.89. The number of ether oxygens (including phenoxy) is 1. The number of hydrogen-bond acceptors (Lipinski definition) is 6. The van der Waals surface area contributed by atoms with Gasteiger partial charge in [0.15, 0.2) is 5.75 Å². The molecule has 1 heterocycles. The maximum atomic E-state index is 11.4. The van der Waals surface area contributed by atoms with Crippen LogP contribution in [0.3, 0.4) is 0 Å². The Hall–Kier alpha value is -3.30. The van der Waals surface area contributed by atoms with Crippen molar-refractivity contribution in [2.24, 2.45) is 0 Å². The Labute approximate surface area is 215 Å². The lowest BCUT2D eigenvalue weighted by molar-refractivity contribution is 0.341. The highest BCUT2D eigenvalue weighted by molar-refractivity contribution is 7.91. The average molecular weight is 529 g/mol. The van der Waals surface area contributed by atoms with Crippen molar-refractivity contribution in [1.82, 2.24) is 9.97 Å². The van der Waals surface area contributed by atoms with Gasteiger partial charge in [0, 0.05) is 17.2 Å². The molecule has 0 atom stereocenters. The van der Waals surface area contributed by atoms with Gasteiger partial charge in [-0.3, -0.25) is 4.72 Å². The van der Waals surface area contributed by atoms with E-state index in [1.54, 1.807) is 18.2 Å². The van der Waals surface area contributed by atoms with Gasteiger partial charge in [0.05, 0.1) is 22.7 Å². The molecule has 7 nitrogen and oxygen atoms in total. The second-order valence-corrected chi connectivity index (χ2v) is 10.6. The molecule has 35 heavy (non-hydrogen) atoms. The minimum atomic E-state index is -3.48. The summed E-state index contributed by atoms with van der Waals surface area (Å²) >= 11 is 12.1. The molecule has 10 heteroatoms. The van der Waals surface area contributed by atoms with Crippen LogP contribution in [0, 0.1) is 23.2 Å². The zero-order chi connectivity index (χ0) is 25.6. The van der Waals surface area contributed by atoms with Crippen molar-refractivity contribution in [3.63, 3.8) is 0 Å². The molecule has 180 valence electrons. The van der Waals surface area contributed by atoms with E-state index in [2.05, 4.69) is 32.6 Å². The number of benzene rings is 2. The Morgan fingerprint density at radius 2 is 1.83 bits per heavy atom. The van der Waals surface area contributed by atoms with Crippen LogP contribution >= 0.6 is 23.2 Å². The predicted octanol–water partition coefficient (Wildman–Crippen LogP) is 4.72. The highest BCUT2D eigenvalue weighted by Crippen LogP contribution is 2.38. The standard InChI is InChI=1S/C25H22Cl2N4O3S/c1-25(2,20-14-18(16-28)23(22(27)15-20)34-13-11-26)19-7-4-17(5-8-19)6-9-21-10-12-29-24(30-21)31-35(3,32)33/h4-5,7-8,10,12,14-15H,11,13H2,1-3H3,(H,29,30,31). The molecule has 0 bridgehead atoms. The number of nitrogens with one attached hydrogen (secondary N) is 1. The quantitative estimate of drug-likeness (QED) is 0.351. The predicted molar refractivity (Wildman–Crippen MR) is 137 cm³/mol. The second kappa shape index (κ2) is 11.0. The lowest BCUT2D eigenvalue weighted by Crippen LogP contribution is -2.19. The Kier molecular flexibility index (Phi) is 8.24. The molecule has 0 fully saturated rings. The Bertz CT molecular complexity index is 1440. The molecule has 0 radical (unpaired) electrons. The summed E-state index contributed by atoms with van der Waals surface area (Å²) in [4.78, 5) is 7.96. The van der Waals surface area contributed by atoms with Gasteiger partial charge in [0.1, 0.15) is 18.4 Å². The third kappa shape index (κ3) is 6.86. The first-order valence-electron chi connectivity index (χ1n) is 10.4. The minimum absolute atomic E-state index is 0.0362. The van der Waals surface area contributed by atoms with Gasteiger partial charge in [-0.2, -0.15) is 5.26 Å². The fourth-order valence-corrected chi connectivity index (χ4v) is 4.02. The van der Waals surface area contributed by atoms with Crippen molar-refractivity contribution >= 4 is 39.2 Å². The lowest BCUT2D eigenvalue weighted by atomic mass is 9.77. The Morgan fingerprint density at radius 3 is 2.46 bits per heavy atom. The van der Waals surface area contributed by atoms with Gasteiger partial charge < -0.3 is 4.74 Å². The van der Waals surface area contributed by atoms with E-state index in [-0.39, 0.29) is 12.6 Å². The van der Waals surface area contributed by atoms with Crippen LogP contribution in [0.1, 0.15) is 41.8 Å². The Morgan fingerprint density at radius 1 is 1.11 bits per heavy atom. The van der Waals surface area contributed by atoms with Gasteiger partial charge in [0.2, 0.25) is 16.0 Å². The first-order chi connectivity index (χ1) is 16.5. The summed E-state index contributed by atoms with van der Waals surface area (Å²) in [6.45, 7) is 4.33. The van der Waals surface area contributed by atoms with Crippen molar-refractivity contribution in [1.29, 1.82) is 5.26 Å². The number of halogens is 2. The van der Waals surface area contributed by atoms with Crippen molar-refractivity contribution in [2.75, 3.05) is 23.5 Å². The Balaban J connectivity index is 1.85. The number of sulfonamides is 1. The molecule has 0 saturated heterocycles. The smallest absolute Gasteiger partial charge is 0.237 e. The maximum Gasteiger partial charge on any atom is 0.237 e. The van der Waals surface area contributed by atoms with Crippen LogP contribution in [0.25, 0.3) is 0 Å². The van der Waals surface area contributed by atoms with Crippen LogP contribution in [0.2, 0.25) is 5.02 Å². The molecule has 3 rings (SSSR count). The molecule has 0 aliphatic heterocycles. The van der Waals surface area contributed by atoms with Crippen LogP contribution in [0.4, 0.5) is 5.95 Å². The first kappa shape index (κ1) is 26.3. The molecular formula is C25H22Cl2N4O3S. The highest BCUT2D eigenvalue weighted by atomic mass is 35.5. The minimum Gasteiger partial charge on any atom is -0.489 e. The monoisotopic (exact) mass is 528 g/mol. The highest BCUT2D eigenvalue weighted by Gasteiger charge is 2.26. The van der Waals surface area contributed by atoms with Crippen molar-refractivity contribution in [3.05, 3.63) is 81.6 Å². The fourth-order valence-electron chi connectivity index (χ4n) is 3.24. The van der Waals surface area contributed by atoms with Crippen molar-refractivity contribution in [3.8, 4) is 23.7 Å². The molecule has 0 spiro atoms. The number of rotatable bonds is 7. The van der Waals surface area contributed by atoms with Crippen LogP contribution in [0.15, 0.2) is 48.7 Å². The molecule has 2 aromatic carbocycles. The average Bonchev–Trinajstić information content (AvgIpc) is 2.81. The van der Waals surface area contributed by atoms with Crippen molar-refractivity contribution in [2.45, 2.75) is 19.3 Å². The third-order valence-corrected chi connectivity index (χ3v) is 6.07. The van der Waals surface area contributed by atoms with Crippen LogP contribution in [-0.4, -0.2) is 37.1 Å². The van der Waals surface area contributed by atoms with E-state index < -0.39 is 15.4 Å². The number of nitrogens with zero attached hydrogens (tertiary/aromatic N) is 3. The van der Waals surface area contributed by atoms with Gasteiger partial charge in [-0.1, -0.05) is 43.5 Å². The molecule has 0 saturated carbocycles. The number of alkyl halides is 1. The molecular weight excluding hydrogens is 507 g/mol. The van der Waals surface area contributed by atoms with Crippen LogP contribution < -0.4 is 9.46 Å². The molecule has 0 aliphatic rings. The van der Waals surface area contributed by atoms with E-state index in [0.29, 0.717) is 27.9 Å². The number of nitriles is 1. The van der Waals surface area contributed by atoms with E-state index in [1.165, 1.54) is 6.20 Å². The third-order valence-electron chi connectivity index (χ3n) is 5.08. The first-order valence-corrected chi connectivity index (χ1v) is 13.2. The second-order valence-electron chi connectivity index (χ2n) is 8.08. The number of anilines is 1. The van der Waals surface area contributed by atoms with Gasteiger partial charge in [0.25, 0.3) is 0 Å². The van der Waals surface area contributed by atoms with E-state index in [9.17, 15) is 13.7 Å². The van der Waals surface area contributed by atoms with Gasteiger partial charge >= 0.3 is 0 Å². The molecule has 0 amide bonds. The van der Waals surface area contributed by atoms with E-state index in [4.69, 9.17) is 27.9 Å². The van der Waals surface area contributed by atoms with Gasteiger partial charge in [-0.25, -0.2) is 18.4 Å². The number of hydrogen-bond donors (Lipinski definition) is 1. The van der Waals surface area contributed by atoms with E-state index in [1.807, 2.05) is 38.1 Å². The summed E-state index contributed by atoms with van der Waals surface area (Å²) in [5, 5.41) is 9.94. The summed E-state index contributed by atoms with van der Waals surface area (Å²) in [7, 11) is -3.48. The van der Waals surface area contributed by atoms with Gasteiger partial charge in [-0.05, 0) is 47.4 Å². The lowest BCUT2D eigenvalue weighted by Gasteiger charge is -2.27. The van der Waals surface area contributed by atoms with Crippen molar-refractivity contribution < 1.29 is 13.2 Å². The van der Waals surface area contributed by atoms with Gasteiger partial charge in [-0.15, -0.1) is 11.6 Å². The largest absolute Gasteiger partial charge is 0.489 e. The topological polar surface area (TPSA) is 105 Å². The summed E-state index contributed by atoms with van der Waals surface area (Å²) in [5.74, 6) is 6.51. The van der Waals surface area contributed by atoms with E-state index >= 15 is 0 Å². The SMILES string of the molecule is CC(C)(c1ccc(C#Cc2ccnc(NS(C)(=O)=O)n2)cc1)c1cc(Cl)c(OCCCl)c(C#N)c1. The molecule has 1 aromatic heterocycles. The van der Waals surface area contributed by atoms with Crippen LogP contribution in [0.5, 0.6) is 5.75 Å². The summed E-state index contributed by atoms with van der Waals surface area (Å²) in [6, 6.07) is 15.0. The van der Waals surface area contributed by atoms with E-state index in [0.717, 1.165) is 22.9 Å². The molecule has 1 N–H and O–H groups in total. The molecule has 0 unspecified atom stereocenters. The fraction of sp³-hybridized carbons (Fsp3) is 0.240. The maximum absolute atomic E-state index is 11.4. The summed E-state index contributed by atoms with van der Waals surface area (Å²) < 4.78 is 30.5. The normalized spacial score (nSPS) is 11.2. The zero-order valence-corrected chi connectivity index (χ0v) is 21.6. The zero-order valence-electron chi connectivity index (χ0n) is 19.3. The summed E-state index contributed by atoms with van der Waals surface area (Å²) in [6.07, 6.45) is 2.46. The molecule has 0 aliphatic carbocycles. The molecule has 3 aromatic rings. The number of aromatic nitrogens is 2. The van der Waals surface area contributed by atoms with Crippen LogP contribution in [-0.2, 0) is 15.4 Å².